The molecule has 0 radical (unpaired) electrons. The average molecular weight is 643 g/mol. The van der Waals surface area contributed by atoms with Crippen molar-refractivity contribution in [1.82, 2.24) is 19.9 Å². The monoisotopic (exact) mass is 642 g/mol. The minimum atomic E-state index is -5.05. The number of fused-ring (bicyclic) bond motifs is 10. The average Bonchev–Trinajstić information content (AvgIpc) is 4.00. The van der Waals surface area contributed by atoms with E-state index < -0.39 is 11.7 Å². The molecule has 10 aliphatic rings. The zero-order chi connectivity index (χ0) is 28.9. The number of rotatable bonds is 6. The van der Waals surface area contributed by atoms with Gasteiger partial charge in [-0.1, -0.05) is 0 Å². The number of hydrogen-bond donors (Lipinski definition) is 0. The fourth-order valence-electron chi connectivity index (χ4n) is 26.6. The van der Waals surface area contributed by atoms with Crippen molar-refractivity contribution < 1.29 is 6.51 Å². The van der Waals surface area contributed by atoms with Gasteiger partial charge in [-0.25, -0.2) is 0 Å². The van der Waals surface area contributed by atoms with Gasteiger partial charge in [-0.15, -0.1) is 0 Å². The Hall–Kier alpha value is -2.02. The van der Waals surface area contributed by atoms with Gasteiger partial charge < -0.3 is 0 Å². The van der Waals surface area contributed by atoms with Crippen molar-refractivity contribution in [2.24, 2.45) is 5.41 Å². The van der Waals surface area contributed by atoms with Crippen molar-refractivity contribution in [2.45, 2.75) is 71.6 Å². The first-order chi connectivity index (χ1) is 20.6. The van der Waals surface area contributed by atoms with E-state index in [4.69, 9.17) is 19.9 Å². The van der Waals surface area contributed by atoms with E-state index in [-0.39, 0.29) is 22.7 Å². The van der Waals surface area contributed by atoms with E-state index in [0.29, 0.717) is 4.31 Å². The summed E-state index contributed by atoms with van der Waals surface area (Å²) in [6, 6.07) is 28.1. The van der Waals surface area contributed by atoms with E-state index in [1.165, 1.54) is 6.16 Å². The summed E-state index contributed by atoms with van der Waals surface area (Å²) in [5.74, 6) is 1.87. The van der Waals surface area contributed by atoms with E-state index in [9.17, 15) is 0 Å². The molecule has 1 spiro atoms. The summed E-state index contributed by atoms with van der Waals surface area (Å²) in [4.78, 5) is 25.5. The predicted molar refractivity (Wildman–Crippen MR) is 172 cm³/mol. The molecule has 4 aromatic rings. The van der Waals surface area contributed by atoms with Gasteiger partial charge in [0.2, 0.25) is 0 Å². The third-order valence-electron chi connectivity index (χ3n) is 21.7. The van der Waals surface area contributed by atoms with Crippen LogP contribution in [-0.2, 0) is 20.3 Å². The molecule has 4 nitrogen and oxygen atoms in total. The molecule has 7 unspecified atom stereocenters. The van der Waals surface area contributed by atoms with Crippen LogP contribution in [0.1, 0.15) is 43.5 Å². The van der Waals surface area contributed by atoms with Gasteiger partial charge in [0.15, 0.2) is 0 Å². The van der Waals surface area contributed by atoms with Crippen LogP contribution >= 0.6 is 18.5 Å². The van der Waals surface area contributed by atoms with E-state index in [1.54, 1.807) is 11.1 Å². The van der Waals surface area contributed by atoms with Gasteiger partial charge in [-0.05, 0) is 0 Å². The molecule has 2 aromatic heterocycles. The Kier molecular flexibility index (Phi) is 1.80. The maximum atomic E-state index is 5.19. The first kappa shape index (κ1) is 22.5. The molecular weight excluding hydrogens is 606 g/mol. The molecular formula is C36H36FeN4P2. The molecule has 10 fully saturated rings. The Labute approximate surface area is 247 Å². The molecule has 7 atom stereocenters. The van der Waals surface area contributed by atoms with Gasteiger partial charge in [0.25, 0.3) is 0 Å². The molecule has 218 valence electrons. The third kappa shape index (κ3) is 0.485. The van der Waals surface area contributed by atoms with Crippen molar-refractivity contribution >= 4 is 18.5 Å². The molecule has 0 amide bonds. The standard InChI is InChI=1S/C31H31N4P2.C5H5.Fe/c1-30(2,3)27-25(22-14-8-5-9-15-22)24(21-12-6-4-7-13-21)23(20-36)26(27)31(37,28-32-16-10-17-33-28)29-34-18-11-19-35-29;1-2-4-5-3-1;/h4-19H,20,36-37H2,1-3H3;1-5H;. The molecule has 10 saturated heterocycles. The van der Waals surface area contributed by atoms with Gasteiger partial charge in [0.1, 0.15) is 0 Å². The fourth-order valence-corrected chi connectivity index (χ4v) is 120. The van der Waals surface area contributed by atoms with Gasteiger partial charge in [-0.3, -0.25) is 0 Å². The fraction of sp³-hybridized carbons (Fsp3) is 0.444. The Bertz CT molecular complexity index is 2400. The minimum absolute atomic E-state index is 0.107. The van der Waals surface area contributed by atoms with Crippen LogP contribution in [-0.4, -0.2) is 26.1 Å². The number of hydrogen-bond acceptors (Lipinski definition) is 4. The van der Waals surface area contributed by atoms with Crippen molar-refractivity contribution in [1.29, 1.82) is 0 Å². The second kappa shape index (κ2) is 3.44. The summed E-state index contributed by atoms with van der Waals surface area (Å²) >= 11 is 0. The van der Waals surface area contributed by atoms with Crippen molar-refractivity contribution in [3.05, 3.63) is 120 Å². The summed E-state index contributed by atoms with van der Waals surface area (Å²) in [5, 5.41) is -0.525. The zero-order valence-corrected chi connectivity index (χ0v) is 28.0. The molecule has 10 aliphatic heterocycles. The number of benzene rings is 2. The molecule has 0 N–H and O–H groups in total. The predicted octanol–water partition coefficient (Wildman–Crippen LogP) is 8.02. The summed E-state index contributed by atoms with van der Waals surface area (Å²) in [5.41, 5.74) is 3.51. The van der Waals surface area contributed by atoms with Crippen LogP contribution in [0.4, 0.5) is 0 Å². The van der Waals surface area contributed by atoms with Crippen molar-refractivity contribution in [3.8, 4) is 0 Å². The Morgan fingerprint density at radius 3 is 1.42 bits per heavy atom. The van der Waals surface area contributed by atoms with Crippen molar-refractivity contribution in [3.63, 3.8) is 0 Å². The van der Waals surface area contributed by atoms with Crippen LogP contribution in [0.3, 0.4) is 0 Å². The molecule has 12 heterocycles. The summed E-state index contributed by atoms with van der Waals surface area (Å²) in [6.45, 7) is 2.90. The molecule has 0 bridgehead atoms. The molecule has 43 heavy (non-hydrogen) atoms. The second-order valence-corrected chi connectivity index (χ2v) is 41.9. The van der Waals surface area contributed by atoms with E-state index in [2.05, 4.69) is 99.9 Å². The van der Waals surface area contributed by atoms with Gasteiger partial charge in [-0.2, -0.15) is 0 Å². The van der Waals surface area contributed by atoms with Crippen LogP contribution in [0.25, 0.3) is 0 Å². The topological polar surface area (TPSA) is 51.6 Å². The first-order valence-electron chi connectivity index (χ1n) is 16.0. The Morgan fingerprint density at radius 1 is 0.628 bits per heavy atom. The summed E-state index contributed by atoms with van der Waals surface area (Å²) in [7, 11) is 6.95. The number of nitrogens with zero attached hydrogens (tertiary/aromatic N) is 4. The second-order valence-electron chi connectivity index (χ2n) is 18.2. The zero-order valence-electron chi connectivity index (χ0n) is 24.6. The molecule has 14 rings (SSSR count). The third-order valence-corrected chi connectivity index (χ3v) is 69.3. The molecule has 2 aromatic carbocycles. The normalized spacial score (nSPS) is 61.7. The summed E-state index contributed by atoms with van der Waals surface area (Å²) < 4.78 is 1.21. The van der Waals surface area contributed by atoms with Crippen LogP contribution < -0.4 is 0 Å². The van der Waals surface area contributed by atoms with Gasteiger partial charge in [0, 0.05) is 0 Å². The van der Waals surface area contributed by atoms with Crippen molar-refractivity contribution in [2.75, 3.05) is 6.16 Å². The first-order valence-corrected chi connectivity index (χ1v) is 23.3. The van der Waals surface area contributed by atoms with E-state index in [0.717, 1.165) is 35.7 Å². The molecule has 0 aliphatic carbocycles. The van der Waals surface area contributed by atoms with Crippen LogP contribution in [0.15, 0.2) is 97.6 Å². The maximum absolute atomic E-state index is 5.19. The quantitative estimate of drug-likeness (QED) is 0.158. The molecule has 0 saturated carbocycles. The van der Waals surface area contributed by atoms with Crippen LogP contribution in [0.2, 0.25) is 37.0 Å². The number of aromatic nitrogens is 4. The Morgan fingerprint density at radius 2 is 1.05 bits per heavy atom. The SMILES string of the molecule is CC(C)(C)[C]12[C]3(c4ccccc4)[C]4(c5ccccc5)[C]5(CP)[C]1(C(P)(c1ncccn1)c1ncccn1)[Fe]54321678[CH]2[CH]1[CH]6[CH]7[CH]28. The van der Waals surface area contributed by atoms with Crippen LogP contribution in [0, 0.1) is 5.41 Å². The van der Waals surface area contributed by atoms with E-state index in [1.807, 2.05) is 36.9 Å². The van der Waals surface area contributed by atoms with Gasteiger partial charge >= 0.3 is 248 Å². The molecule has 7 heteroatoms. The Balaban J connectivity index is 1.30. The van der Waals surface area contributed by atoms with Gasteiger partial charge in [0.05, 0.1) is 0 Å². The van der Waals surface area contributed by atoms with E-state index >= 15 is 0 Å². The van der Waals surface area contributed by atoms with Crippen LogP contribution in [0.5, 0.6) is 0 Å². The summed E-state index contributed by atoms with van der Waals surface area (Å²) in [6.07, 6.45) is 9.05.